The number of nitrogens with zero attached hydrogens (tertiary/aromatic N) is 3. The zero-order chi connectivity index (χ0) is 10.1. The number of carbonyl (C=O) groups is 1. The molecule has 0 unspecified atom stereocenters. The molecule has 2 aromatic heterocycles. The number of oxazole rings is 1. The van der Waals surface area contributed by atoms with E-state index < -0.39 is 5.97 Å². The first-order valence-corrected chi connectivity index (χ1v) is 3.85. The van der Waals surface area contributed by atoms with Crippen LogP contribution in [-0.4, -0.2) is 25.8 Å². The largest absolute Gasteiger partial charge is 0.474 e. The minimum absolute atomic E-state index is 0.318. The molecule has 0 atom stereocenters. The van der Waals surface area contributed by atoms with Gasteiger partial charge in [0.25, 0.3) is 0 Å². The Bertz CT molecular complexity index is 472. The third-order valence-corrected chi connectivity index (χ3v) is 1.77. The molecule has 1 N–H and O–H groups in total. The van der Waals surface area contributed by atoms with Crippen LogP contribution < -0.4 is 0 Å². The topological polar surface area (TPSA) is 81.2 Å². The third kappa shape index (κ3) is 1.26. The maximum absolute atomic E-state index is 10.5. The van der Waals surface area contributed by atoms with Gasteiger partial charge in [0.05, 0.1) is 5.69 Å². The van der Waals surface area contributed by atoms with E-state index in [1.807, 2.05) is 0 Å². The number of hydrogen-bond donors (Lipinski definition) is 1. The van der Waals surface area contributed by atoms with Crippen molar-refractivity contribution in [3.8, 4) is 11.4 Å². The molecule has 0 saturated carbocycles. The molecule has 0 aromatic carbocycles. The lowest BCUT2D eigenvalue weighted by molar-refractivity contribution is 0.0653. The van der Waals surface area contributed by atoms with Crippen molar-refractivity contribution in [3.05, 3.63) is 24.4 Å². The molecular formula is C8H7N3O3. The fourth-order valence-corrected chi connectivity index (χ4v) is 1.11. The number of hydrogen-bond acceptors (Lipinski definition) is 4. The Morgan fingerprint density at radius 2 is 2.43 bits per heavy atom. The van der Waals surface area contributed by atoms with Crippen LogP contribution in [0.2, 0.25) is 0 Å². The van der Waals surface area contributed by atoms with Crippen LogP contribution >= 0.6 is 0 Å². The molecule has 6 heteroatoms. The van der Waals surface area contributed by atoms with Crippen molar-refractivity contribution >= 4 is 5.97 Å². The molecule has 0 saturated heterocycles. The number of carboxylic acids is 1. The molecule has 72 valence electrons. The Morgan fingerprint density at radius 3 is 2.93 bits per heavy atom. The van der Waals surface area contributed by atoms with E-state index in [0.29, 0.717) is 11.4 Å². The van der Waals surface area contributed by atoms with Gasteiger partial charge in [-0.25, -0.2) is 9.78 Å². The molecule has 0 aliphatic rings. The number of aromatic nitrogens is 3. The Morgan fingerprint density at radius 1 is 1.64 bits per heavy atom. The monoisotopic (exact) mass is 193 g/mol. The van der Waals surface area contributed by atoms with E-state index in [4.69, 9.17) is 9.52 Å². The van der Waals surface area contributed by atoms with Gasteiger partial charge in [-0.15, -0.1) is 0 Å². The summed E-state index contributed by atoms with van der Waals surface area (Å²) in [6.45, 7) is 0. The number of carboxylic acid groups (broad SMARTS) is 1. The Kier molecular flexibility index (Phi) is 1.81. The van der Waals surface area contributed by atoms with Gasteiger partial charge < -0.3 is 9.52 Å². The van der Waals surface area contributed by atoms with Gasteiger partial charge >= 0.3 is 11.9 Å². The fraction of sp³-hybridized carbons (Fsp3) is 0.125. The van der Waals surface area contributed by atoms with Gasteiger partial charge in [0.15, 0.2) is 0 Å². The predicted octanol–water partition coefficient (Wildman–Crippen LogP) is 0.773. The van der Waals surface area contributed by atoms with Crippen molar-refractivity contribution in [2.75, 3.05) is 0 Å². The second kappa shape index (κ2) is 2.99. The van der Waals surface area contributed by atoms with Crippen LogP contribution in [0.5, 0.6) is 0 Å². The quantitative estimate of drug-likeness (QED) is 0.761. The van der Waals surface area contributed by atoms with E-state index in [2.05, 4.69) is 10.1 Å². The normalized spacial score (nSPS) is 10.4. The zero-order valence-corrected chi connectivity index (χ0v) is 7.34. The molecule has 0 aliphatic heterocycles. The molecule has 0 radical (unpaired) electrons. The van der Waals surface area contributed by atoms with Gasteiger partial charge in [0, 0.05) is 13.2 Å². The van der Waals surface area contributed by atoms with Crippen molar-refractivity contribution in [2.45, 2.75) is 0 Å². The standard InChI is InChI=1S/C8H7N3O3/c1-11-6(2-3-9-11)5-4-14-7(10-5)8(12)13/h2-4H,1H3,(H,12,13). The molecule has 2 heterocycles. The predicted molar refractivity (Wildman–Crippen MR) is 45.7 cm³/mol. The Labute approximate surface area is 78.8 Å². The highest BCUT2D eigenvalue weighted by Crippen LogP contribution is 2.16. The highest BCUT2D eigenvalue weighted by molar-refractivity contribution is 5.82. The summed E-state index contributed by atoms with van der Waals surface area (Å²) < 4.78 is 6.34. The second-order valence-corrected chi connectivity index (χ2v) is 2.68. The van der Waals surface area contributed by atoms with E-state index >= 15 is 0 Å². The van der Waals surface area contributed by atoms with Crippen LogP contribution in [0.3, 0.4) is 0 Å². The molecule has 0 bridgehead atoms. The lowest BCUT2D eigenvalue weighted by atomic mass is 10.3. The SMILES string of the molecule is Cn1nccc1-c1coc(C(=O)O)n1. The van der Waals surface area contributed by atoms with Gasteiger partial charge in [-0.3, -0.25) is 4.68 Å². The summed E-state index contributed by atoms with van der Waals surface area (Å²) in [7, 11) is 1.74. The third-order valence-electron chi connectivity index (χ3n) is 1.77. The minimum atomic E-state index is -1.18. The fourth-order valence-electron chi connectivity index (χ4n) is 1.11. The first kappa shape index (κ1) is 8.49. The van der Waals surface area contributed by atoms with Crippen molar-refractivity contribution < 1.29 is 14.3 Å². The van der Waals surface area contributed by atoms with E-state index in [1.54, 1.807) is 24.0 Å². The van der Waals surface area contributed by atoms with Crippen molar-refractivity contribution in [1.82, 2.24) is 14.8 Å². The lowest BCUT2D eigenvalue weighted by Gasteiger charge is -1.93. The maximum Gasteiger partial charge on any atom is 0.392 e. The molecule has 0 fully saturated rings. The summed E-state index contributed by atoms with van der Waals surface area (Å²) in [5.41, 5.74) is 1.17. The molecular weight excluding hydrogens is 186 g/mol. The molecule has 2 aromatic rings. The van der Waals surface area contributed by atoms with Gasteiger partial charge in [0.1, 0.15) is 12.0 Å². The van der Waals surface area contributed by atoms with E-state index in [1.165, 1.54) is 6.26 Å². The van der Waals surface area contributed by atoms with Gasteiger partial charge in [0.2, 0.25) is 0 Å². The molecule has 2 rings (SSSR count). The average molecular weight is 193 g/mol. The average Bonchev–Trinajstić information content (AvgIpc) is 2.71. The number of rotatable bonds is 2. The first-order valence-electron chi connectivity index (χ1n) is 3.85. The minimum Gasteiger partial charge on any atom is -0.474 e. The van der Waals surface area contributed by atoms with E-state index in [0.717, 1.165) is 0 Å². The maximum atomic E-state index is 10.5. The van der Waals surface area contributed by atoms with Crippen molar-refractivity contribution in [1.29, 1.82) is 0 Å². The highest BCUT2D eigenvalue weighted by atomic mass is 16.4. The van der Waals surface area contributed by atoms with Crippen LogP contribution in [0.4, 0.5) is 0 Å². The lowest BCUT2D eigenvalue weighted by Crippen LogP contribution is -1.97. The molecule has 6 nitrogen and oxygen atoms in total. The Hall–Kier alpha value is -2.11. The summed E-state index contributed by atoms with van der Waals surface area (Å²) in [5.74, 6) is -1.50. The van der Waals surface area contributed by atoms with Gasteiger partial charge in [-0.2, -0.15) is 5.10 Å². The summed E-state index contributed by atoms with van der Waals surface area (Å²) in [6.07, 6.45) is 2.89. The van der Waals surface area contributed by atoms with Gasteiger partial charge in [-0.1, -0.05) is 0 Å². The zero-order valence-electron chi connectivity index (χ0n) is 7.34. The van der Waals surface area contributed by atoms with Crippen LogP contribution in [0.1, 0.15) is 10.7 Å². The van der Waals surface area contributed by atoms with Gasteiger partial charge in [-0.05, 0) is 6.07 Å². The van der Waals surface area contributed by atoms with E-state index in [-0.39, 0.29) is 5.89 Å². The molecule has 0 amide bonds. The van der Waals surface area contributed by atoms with E-state index in [9.17, 15) is 4.79 Å². The van der Waals surface area contributed by atoms with Crippen molar-refractivity contribution in [3.63, 3.8) is 0 Å². The number of aryl methyl sites for hydroxylation is 1. The summed E-state index contributed by atoms with van der Waals surface area (Å²) in [5, 5.41) is 12.5. The molecule has 0 aliphatic carbocycles. The number of aromatic carboxylic acids is 1. The summed E-state index contributed by atoms with van der Waals surface area (Å²) >= 11 is 0. The molecule has 0 spiro atoms. The summed E-state index contributed by atoms with van der Waals surface area (Å²) in [6, 6.07) is 1.73. The van der Waals surface area contributed by atoms with Crippen LogP contribution in [-0.2, 0) is 7.05 Å². The molecule has 14 heavy (non-hydrogen) atoms. The second-order valence-electron chi connectivity index (χ2n) is 2.68. The Balaban J connectivity index is 2.43. The first-order chi connectivity index (χ1) is 6.68. The van der Waals surface area contributed by atoms with Crippen LogP contribution in [0.15, 0.2) is 22.9 Å². The van der Waals surface area contributed by atoms with Crippen molar-refractivity contribution in [2.24, 2.45) is 7.05 Å². The smallest absolute Gasteiger partial charge is 0.392 e. The highest BCUT2D eigenvalue weighted by Gasteiger charge is 2.13. The summed E-state index contributed by atoms with van der Waals surface area (Å²) in [4.78, 5) is 14.3. The van der Waals surface area contributed by atoms with Crippen LogP contribution in [0, 0.1) is 0 Å². The van der Waals surface area contributed by atoms with Crippen LogP contribution in [0.25, 0.3) is 11.4 Å².